The number of oxime groups is 1. The molecule has 1 atom stereocenters. The molecule has 5 rings (SSSR count). The molecule has 12 heteroatoms. The number of aliphatic hydroxyl groups excluding tert-OH is 1. The Morgan fingerprint density at radius 3 is 2.47 bits per heavy atom. The number of ether oxygens (including phenoxy) is 2. The van der Waals surface area contributed by atoms with E-state index < -0.39 is 18.0 Å². The van der Waals surface area contributed by atoms with E-state index in [1.807, 2.05) is 0 Å². The highest BCUT2D eigenvalue weighted by Crippen LogP contribution is 2.57. The van der Waals surface area contributed by atoms with E-state index in [1.54, 1.807) is 62.4 Å². The van der Waals surface area contributed by atoms with Crippen LogP contribution in [0.4, 0.5) is 24.5 Å². The van der Waals surface area contributed by atoms with Gasteiger partial charge in [0.1, 0.15) is 17.5 Å². The van der Waals surface area contributed by atoms with E-state index in [0.29, 0.717) is 39.8 Å². The number of amides is 1. The Labute approximate surface area is 252 Å². The van der Waals surface area contributed by atoms with Crippen LogP contribution in [0.3, 0.4) is 0 Å². The number of aliphatic hydroxyl groups is 1. The normalized spacial score (nSPS) is 16.2. The van der Waals surface area contributed by atoms with Gasteiger partial charge in [-0.2, -0.15) is 0 Å². The van der Waals surface area contributed by atoms with Gasteiger partial charge in [0.25, 0.3) is 5.91 Å². The van der Waals surface area contributed by atoms with E-state index in [1.165, 1.54) is 30.4 Å². The number of halogens is 4. The van der Waals surface area contributed by atoms with Crippen LogP contribution < -0.4 is 19.7 Å². The van der Waals surface area contributed by atoms with Gasteiger partial charge >= 0.3 is 6.36 Å². The fraction of sp³-hybridized carbons (Fsp3) is 0.355. The van der Waals surface area contributed by atoms with Gasteiger partial charge < -0.3 is 29.6 Å². The summed E-state index contributed by atoms with van der Waals surface area (Å²) in [6.45, 7) is 3.48. The summed E-state index contributed by atoms with van der Waals surface area (Å²) in [7, 11) is 1.50. The molecular formula is C31H31ClF3N3O5. The van der Waals surface area contributed by atoms with E-state index in [-0.39, 0.29) is 23.7 Å². The molecule has 0 saturated heterocycles. The number of hydrogen-bond acceptors (Lipinski definition) is 7. The summed E-state index contributed by atoms with van der Waals surface area (Å²) in [6.07, 6.45) is -1.75. The third-order valence-electron chi connectivity index (χ3n) is 7.45. The monoisotopic (exact) mass is 617 g/mol. The fourth-order valence-corrected chi connectivity index (χ4v) is 5.18. The van der Waals surface area contributed by atoms with Crippen molar-refractivity contribution < 1.29 is 37.4 Å². The molecule has 228 valence electrons. The third kappa shape index (κ3) is 7.00. The number of nitrogens with one attached hydrogen (secondary N) is 1. The van der Waals surface area contributed by atoms with Crippen molar-refractivity contribution in [3.8, 4) is 11.5 Å². The number of carbonyl (C=O) groups is 1. The summed E-state index contributed by atoms with van der Waals surface area (Å²) in [5, 5.41) is 17.2. The molecule has 2 N–H and O–H groups in total. The van der Waals surface area contributed by atoms with Gasteiger partial charge in [-0.1, -0.05) is 35.0 Å². The van der Waals surface area contributed by atoms with Crippen LogP contribution >= 0.6 is 11.6 Å². The van der Waals surface area contributed by atoms with Crippen molar-refractivity contribution in [3.63, 3.8) is 0 Å². The standard InChI is InChI=1S/C31H31ClF3N3O5/c1-29(2,18-39)43-36-16-19-12-22(14-24(13-19)41-3)37-27(20-4-6-21(32)7-5-20)28(40)38-17-30(10-11-30)25-9-8-23(15-26(25)38)42-31(33,34)35/h4-9,12-16,27,37,39H,10-11,17-18H2,1-3H3/b36-16+. The summed E-state index contributed by atoms with van der Waals surface area (Å²) in [6, 6.07) is 15.2. The highest BCUT2D eigenvalue weighted by Gasteiger charge is 2.54. The van der Waals surface area contributed by atoms with Gasteiger partial charge in [0.05, 0.1) is 25.6 Å². The van der Waals surface area contributed by atoms with E-state index in [2.05, 4.69) is 15.2 Å². The zero-order valence-electron chi connectivity index (χ0n) is 23.7. The molecule has 3 aromatic rings. The topological polar surface area (TPSA) is 92.6 Å². The summed E-state index contributed by atoms with van der Waals surface area (Å²) in [4.78, 5) is 21.2. The second kappa shape index (κ2) is 11.6. The number of carbonyl (C=O) groups excluding carboxylic acids is 1. The van der Waals surface area contributed by atoms with Crippen molar-refractivity contribution in [3.05, 3.63) is 82.4 Å². The smallest absolute Gasteiger partial charge is 0.497 e. The van der Waals surface area contributed by atoms with Crippen LogP contribution in [0.1, 0.15) is 49.4 Å². The molecule has 0 aromatic heterocycles. The lowest BCUT2D eigenvalue weighted by molar-refractivity contribution is -0.274. The molecule has 1 saturated carbocycles. The Balaban J connectivity index is 1.49. The predicted molar refractivity (Wildman–Crippen MR) is 157 cm³/mol. The number of anilines is 2. The van der Waals surface area contributed by atoms with Crippen molar-refractivity contribution >= 4 is 35.1 Å². The molecule has 43 heavy (non-hydrogen) atoms. The molecule has 1 spiro atoms. The average molecular weight is 618 g/mol. The molecule has 8 nitrogen and oxygen atoms in total. The highest BCUT2D eigenvalue weighted by atomic mass is 35.5. The van der Waals surface area contributed by atoms with Crippen LogP contribution in [-0.2, 0) is 15.0 Å². The van der Waals surface area contributed by atoms with Crippen molar-refractivity contribution in [2.75, 3.05) is 30.5 Å². The van der Waals surface area contributed by atoms with Crippen LogP contribution in [0, 0.1) is 0 Å². The van der Waals surface area contributed by atoms with Crippen molar-refractivity contribution in [2.45, 2.75) is 50.1 Å². The molecule has 1 aliphatic heterocycles. The van der Waals surface area contributed by atoms with Crippen LogP contribution in [-0.4, -0.2) is 49.5 Å². The first-order valence-corrected chi connectivity index (χ1v) is 13.9. The summed E-state index contributed by atoms with van der Waals surface area (Å²) < 4.78 is 48.7. The first-order chi connectivity index (χ1) is 20.3. The largest absolute Gasteiger partial charge is 0.573 e. The second-order valence-electron chi connectivity index (χ2n) is 11.3. The van der Waals surface area contributed by atoms with Gasteiger partial charge in [-0.25, -0.2) is 0 Å². The second-order valence-corrected chi connectivity index (χ2v) is 11.7. The Morgan fingerprint density at radius 1 is 1.12 bits per heavy atom. The quantitative estimate of drug-likeness (QED) is 0.197. The maximum absolute atomic E-state index is 14.3. The number of fused-ring (bicyclic) bond motifs is 2. The lowest BCUT2D eigenvalue weighted by atomic mass is 9.99. The van der Waals surface area contributed by atoms with Gasteiger partial charge in [0.15, 0.2) is 5.60 Å². The van der Waals surface area contributed by atoms with Gasteiger partial charge in [0, 0.05) is 40.4 Å². The summed E-state index contributed by atoms with van der Waals surface area (Å²) in [5.74, 6) is -0.267. The predicted octanol–water partition coefficient (Wildman–Crippen LogP) is 6.60. The zero-order valence-corrected chi connectivity index (χ0v) is 24.5. The van der Waals surface area contributed by atoms with E-state index >= 15 is 0 Å². The zero-order chi connectivity index (χ0) is 31.0. The molecule has 1 aliphatic carbocycles. The maximum Gasteiger partial charge on any atom is 0.573 e. The van der Waals surface area contributed by atoms with Gasteiger partial charge in [-0.05, 0) is 68.1 Å². The molecule has 1 amide bonds. The number of benzene rings is 3. The lowest BCUT2D eigenvalue weighted by Crippen LogP contribution is -2.38. The van der Waals surface area contributed by atoms with Gasteiger partial charge in [0.2, 0.25) is 0 Å². The van der Waals surface area contributed by atoms with E-state index in [0.717, 1.165) is 18.4 Å². The maximum atomic E-state index is 14.3. The van der Waals surface area contributed by atoms with E-state index in [4.69, 9.17) is 21.2 Å². The molecule has 3 aromatic carbocycles. The van der Waals surface area contributed by atoms with Crippen LogP contribution in [0.15, 0.2) is 65.8 Å². The summed E-state index contributed by atoms with van der Waals surface area (Å²) >= 11 is 6.14. The Morgan fingerprint density at radius 2 is 1.84 bits per heavy atom. The molecule has 1 fully saturated rings. The van der Waals surface area contributed by atoms with Gasteiger partial charge in [-0.3, -0.25) is 4.79 Å². The summed E-state index contributed by atoms with van der Waals surface area (Å²) in [5.41, 5.74) is 1.78. The van der Waals surface area contributed by atoms with Crippen LogP contribution in [0.25, 0.3) is 0 Å². The van der Waals surface area contributed by atoms with Gasteiger partial charge in [-0.15, -0.1) is 13.2 Å². The van der Waals surface area contributed by atoms with Crippen LogP contribution in [0.2, 0.25) is 5.02 Å². The molecule has 0 radical (unpaired) electrons. The van der Waals surface area contributed by atoms with Crippen molar-refractivity contribution in [2.24, 2.45) is 5.16 Å². The minimum absolute atomic E-state index is 0.231. The fourth-order valence-electron chi connectivity index (χ4n) is 5.05. The Kier molecular flexibility index (Phi) is 8.24. The first-order valence-electron chi connectivity index (χ1n) is 13.6. The SMILES string of the molecule is COc1cc(/C=N/OC(C)(C)CO)cc(NC(C(=O)N2CC3(CC3)c3ccc(OC(F)(F)F)cc32)c2ccc(Cl)cc2)c1. The number of nitrogens with zero attached hydrogens (tertiary/aromatic N) is 2. The minimum atomic E-state index is -4.86. The Hall–Kier alpha value is -3.96. The molecule has 1 heterocycles. The minimum Gasteiger partial charge on any atom is -0.497 e. The first kappa shape index (κ1) is 30.5. The lowest BCUT2D eigenvalue weighted by Gasteiger charge is -2.27. The van der Waals surface area contributed by atoms with Crippen molar-refractivity contribution in [1.29, 1.82) is 0 Å². The van der Waals surface area contributed by atoms with Crippen LogP contribution in [0.5, 0.6) is 11.5 Å². The third-order valence-corrected chi connectivity index (χ3v) is 7.71. The number of alkyl halides is 3. The molecule has 2 aliphatic rings. The van der Waals surface area contributed by atoms with E-state index in [9.17, 15) is 23.1 Å². The highest BCUT2D eigenvalue weighted by molar-refractivity contribution is 6.30. The molecular weight excluding hydrogens is 587 g/mol. The average Bonchev–Trinajstić information content (AvgIpc) is 3.67. The molecule has 0 bridgehead atoms. The number of rotatable bonds is 10. The Bertz CT molecular complexity index is 1520. The molecule has 1 unspecified atom stereocenters. The van der Waals surface area contributed by atoms with Crippen molar-refractivity contribution in [1.82, 2.24) is 0 Å². The number of hydrogen-bond donors (Lipinski definition) is 2. The number of methoxy groups -OCH3 is 1.